The predicted molar refractivity (Wildman–Crippen MR) is 103 cm³/mol. The van der Waals surface area contributed by atoms with E-state index in [-0.39, 0.29) is 11.4 Å². The van der Waals surface area contributed by atoms with Crippen LogP contribution in [0.2, 0.25) is 0 Å². The Bertz CT molecular complexity index is 1070. The largest absolute Gasteiger partial charge is 0.344 e. The highest BCUT2D eigenvalue weighted by Gasteiger charge is 2.19. The molecule has 1 aromatic heterocycles. The van der Waals surface area contributed by atoms with Crippen molar-refractivity contribution in [1.82, 2.24) is 4.57 Å². The molecule has 1 heterocycles. The molecular weight excluding hydrogens is 350 g/mol. The highest BCUT2D eigenvalue weighted by atomic mass is 16.6. The fraction of sp³-hybridized carbons (Fsp3) is 0.167. The van der Waals surface area contributed by atoms with Gasteiger partial charge in [0.25, 0.3) is 5.69 Å². The first-order chi connectivity index (χ1) is 12.9. The van der Waals surface area contributed by atoms with E-state index in [1.54, 1.807) is 6.21 Å². The lowest BCUT2D eigenvalue weighted by atomic mass is 10.1. The van der Waals surface area contributed by atoms with Crippen molar-refractivity contribution in [3.8, 4) is 0 Å². The van der Waals surface area contributed by atoms with Crippen LogP contribution in [0.4, 0.5) is 17.1 Å². The van der Waals surface area contributed by atoms with Crippen molar-refractivity contribution in [1.29, 1.82) is 0 Å². The molecule has 2 aromatic carbocycles. The molecule has 0 aliphatic rings. The summed E-state index contributed by atoms with van der Waals surface area (Å²) in [6.07, 6.45) is 1.61. The van der Waals surface area contributed by atoms with Crippen LogP contribution in [-0.4, -0.2) is 20.6 Å². The topological polar surface area (TPSA) is 116 Å². The molecule has 0 bridgehead atoms. The van der Waals surface area contributed by atoms with Crippen LogP contribution in [0.25, 0.3) is 10.9 Å². The van der Waals surface area contributed by atoms with Gasteiger partial charge in [-0.15, -0.1) is 0 Å². The van der Waals surface area contributed by atoms with Crippen molar-refractivity contribution in [3.63, 3.8) is 0 Å². The highest BCUT2D eigenvalue weighted by Crippen LogP contribution is 2.29. The van der Waals surface area contributed by atoms with Gasteiger partial charge in [-0.2, -0.15) is 5.10 Å². The fourth-order valence-electron chi connectivity index (χ4n) is 3.07. The fourth-order valence-corrected chi connectivity index (χ4v) is 3.07. The number of rotatable bonds is 6. The summed E-state index contributed by atoms with van der Waals surface area (Å²) in [7, 11) is 0. The van der Waals surface area contributed by atoms with Crippen molar-refractivity contribution in [2.45, 2.75) is 20.4 Å². The van der Waals surface area contributed by atoms with Gasteiger partial charge in [0.2, 0.25) is 0 Å². The molecule has 138 valence electrons. The summed E-state index contributed by atoms with van der Waals surface area (Å²) >= 11 is 0. The van der Waals surface area contributed by atoms with E-state index in [4.69, 9.17) is 0 Å². The molecule has 3 rings (SSSR count). The van der Waals surface area contributed by atoms with Gasteiger partial charge in [-0.1, -0.05) is 18.2 Å². The van der Waals surface area contributed by atoms with Crippen molar-refractivity contribution < 1.29 is 9.85 Å². The molecule has 3 aromatic rings. The van der Waals surface area contributed by atoms with E-state index < -0.39 is 15.5 Å². The molecule has 9 heteroatoms. The Morgan fingerprint density at radius 2 is 1.89 bits per heavy atom. The molecule has 0 radical (unpaired) electrons. The summed E-state index contributed by atoms with van der Waals surface area (Å²) in [5, 5.41) is 27.2. The normalized spacial score (nSPS) is 11.2. The second-order valence-corrected chi connectivity index (χ2v) is 5.85. The quantitative estimate of drug-likeness (QED) is 0.397. The Kier molecular flexibility index (Phi) is 4.84. The van der Waals surface area contributed by atoms with Gasteiger partial charge in [-0.05, 0) is 26.0 Å². The van der Waals surface area contributed by atoms with E-state index in [1.807, 2.05) is 31.2 Å². The SMILES string of the molecule is CCn1c(C)c(/C=N/Nc2ccc([N+](=O)[O-])cc2[N+](=O)[O-])c2ccccc21. The summed E-state index contributed by atoms with van der Waals surface area (Å²) in [6.45, 7) is 4.85. The molecule has 0 aliphatic carbocycles. The van der Waals surface area contributed by atoms with Crippen LogP contribution in [-0.2, 0) is 6.54 Å². The number of nitrogens with zero attached hydrogens (tertiary/aromatic N) is 4. The maximum absolute atomic E-state index is 11.2. The van der Waals surface area contributed by atoms with Crippen LogP contribution >= 0.6 is 0 Å². The number of nitro groups is 2. The Labute approximate surface area is 154 Å². The molecule has 9 nitrogen and oxygen atoms in total. The average molecular weight is 367 g/mol. The molecule has 0 saturated carbocycles. The molecule has 0 aliphatic heterocycles. The third-order valence-corrected chi connectivity index (χ3v) is 4.36. The minimum atomic E-state index is -0.681. The number of fused-ring (bicyclic) bond motifs is 1. The van der Waals surface area contributed by atoms with Crippen LogP contribution in [0.15, 0.2) is 47.6 Å². The third kappa shape index (κ3) is 3.34. The highest BCUT2D eigenvalue weighted by molar-refractivity contribution is 6.01. The number of para-hydroxylation sites is 1. The maximum Gasteiger partial charge on any atom is 0.301 e. The van der Waals surface area contributed by atoms with Gasteiger partial charge in [0.1, 0.15) is 5.69 Å². The van der Waals surface area contributed by atoms with Gasteiger partial charge >= 0.3 is 5.69 Å². The molecule has 1 N–H and O–H groups in total. The van der Waals surface area contributed by atoms with Crippen LogP contribution in [0.3, 0.4) is 0 Å². The maximum atomic E-state index is 11.2. The van der Waals surface area contributed by atoms with Gasteiger partial charge in [0, 0.05) is 34.8 Å². The second-order valence-electron chi connectivity index (χ2n) is 5.85. The smallest absolute Gasteiger partial charge is 0.301 e. The van der Waals surface area contributed by atoms with E-state index in [0.29, 0.717) is 0 Å². The van der Waals surface area contributed by atoms with Crippen molar-refractivity contribution in [2.75, 3.05) is 5.43 Å². The number of aromatic nitrogens is 1. The minimum absolute atomic E-state index is 0.0822. The summed E-state index contributed by atoms with van der Waals surface area (Å²) < 4.78 is 2.16. The van der Waals surface area contributed by atoms with Crippen LogP contribution in [0.1, 0.15) is 18.2 Å². The summed E-state index contributed by atoms with van der Waals surface area (Å²) in [6, 6.07) is 11.3. The number of non-ortho nitro benzene ring substituents is 1. The predicted octanol–water partition coefficient (Wildman–Crippen LogP) is 4.23. The Hall–Kier alpha value is -3.75. The molecular formula is C18H17N5O4. The number of hydrazone groups is 1. The standard InChI is InChI=1S/C18H17N5O4/c1-3-21-12(2)15(14-6-4-5-7-17(14)21)11-19-20-16-9-8-13(22(24)25)10-18(16)23(26)27/h4-11,20H,3H2,1-2H3/b19-11+. The first-order valence-corrected chi connectivity index (χ1v) is 8.23. The van der Waals surface area contributed by atoms with E-state index in [9.17, 15) is 20.2 Å². The lowest BCUT2D eigenvalue weighted by Crippen LogP contribution is -2.00. The van der Waals surface area contributed by atoms with E-state index >= 15 is 0 Å². The van der Waals surface area contributed by atoms with Crippen molar-refractivity contribution in [2.24, 2.45) is 5.10 Å². The summed E-state index contributed by atoms with van der Waals surface area (Å²) in [5.74, 6) is 0. The van der Waals surface area contributed by atoms with Gasteiger partial charge in [-0.25, -0.2) is 0 Å². The number of benzene rings is 2. The van der Waals surface area contributed by atoms with Crippen LogP contribution < -0.4 is 5.43 Å². The first-order valence-electron chi connectivity index (χ1n) is 8.23. The van der Waals surface area contributed by atoms with Crippen molar-refractivity contribution >= 4 is 34.2 Å². The van der Waals surface area contributed by atoms with Gasteiger partial charge in [-0.3, -0.25) is 25.7 Å². The first kappa shape index (κ1) is 18.1. The number of hydrogen-bond donors (Lipinski definition) is 1. The average Bonchev–Trinajstić information content (AvgIpc) is 2.92. The Morgan fingerprint density at radius 3 is 2.56 bits per heavy atom. The summed E-state index contributed by atoms with van der Waals surface area (Å²) in [4.78, 5) is 20.6. The van der Waals surface area contributed by atoms with Crippen LogP contribution in [0.5, 0.6) is 0 Å². The molecule has 0 fully saturated rings. The van der Waals surface area contributed by atoms with Gasteiger partial charge < -0.3 is 4.57 Å². The van der Waals surface area contributed by atoms with Crippen molar-refractivity contribution in [3.05, 3.63) is 74.0 Å². The molecule has 0 atom stereocenters. The number of nitro benzene ring substituents is 2. The van der Waals surface area contributed by atoms with E-state index in [1.165, 1.54) is 12.1 Å². The number of nitrogens with one attached hydrogen (secondary N) is 1. The molecule has 27 heavy (non-hydrogen) atoms. The lowest BCUT2D eigenvalue weighted by molar-refractivity contribution is -0.393. The third-order valence-electron chi connectivity index (χ3n) is 4.36. The van der Waals surface area contributed by atoms with Gasteiger partial charge in [0.15, 0.2) is 0 Å². The van der Waals surface area contributed by atoms with E-state index in [2.05, 4.69) is 22.0 Å². The monoisotopic (exact) mass is 367 g/mol. The minimum Gasteiger partial charge on any atom is -0.344 e. The zero-order valence-electron chi connectivity index (χ0n) is 14.7. The van der Waals surface area contributed by atoms with Crippen LogP contribution in [0, 0.1) is 27.2 Å². The second kappa shape index (κ2) is 7.24. The molecule has 0 spiro atoms. The number of hydrogen-bond acceptors (Lipinski definition) is 6. The van der Waals surface area contributed by atoms with Gasteiger partial charge in [0.05, 0.1) is 22.1 Å². The number of aryl methyl sites for hydroxylation is 1. The zero-order chi connectivity index (χ0) is 19.6. The van der Waals surface area contributed by atoms with E-state index in [0.717, 1.165) is 34.8 Å². The zero-order valence-corrected chi connectivity index (χ0v) is 14.7. The summed E-state index contributed by atoms with van der Waals surface area (Å²) in [5.41, 5.74) is 4.97. The molecule has 0 unspecified atom stereocenters. The Morgan fingerprint density at radius 1 is 1.15 bits per heavy atom. The molecule has 0 saturated heterocycles. The number of anilines is 1. The molecule has 0 amide bonds. The Balaban J connectivity index is 1.95. The lowest BCUT2D eigenvalue weighted by Gasteiger charge is -2.03.